The third-order valence-corrected chi connectivity index (χ3v) is 6.76. The van der Waals surface area contributed by atoms with Crippen LogP contribution in [0.5, 0.6) is 0 Å². The summed E-state index contributed by atoms with van der Waals surface area (Å²) in [5.74, 6) is 0.344. The molecule has 1 heterocycles. The van der Waals surface area contributed by atoms with E-state index in [9.17, 15) is 9.90 Å². The Balaban J connectivity index is 1.85. The van der Waals surface area contributed by atoms with E-state index in [4.69, 9.17) is 0 Å². The molecule has 0 aromatic carbocycles. The molecule has 2 unspecified atom stereocenters. The quantitative estimate of drug-likeness (QED) is 0.780. The van der Waals surface area contributed by atoms with E-state index in [0.717, 1.165) is 16.7 Å². The van der Waals surface area contributed by atoms with E-state index in [0.29, 0.717) is 12.3 Å². The molecule has 17 heavy (non-hydrogen) atoms. The zero-order valence-electron chi connectivity index (χ0n) is 9.81. The lowest BCUT2D eigenvalue weighted by Gasteiger charge is -2.27. The first-order valence-electron chi connectivity index (χ1n) is 6.22. The number of thiol groups is 1. The van der Waals surface area contributed by atoms with E-state index in [1.165, 1.54) is 19.3 Å². The van der Waals surface area contributed by atoms with Crippen LogP contribution in [0.4, 0.5) is 0 Å². The maximum Gasteiger partial charge on any atom is 0.179 e. The maximum atomic E-state index is 12.1. The van der Waals surface area contributed by atoms with Crippen LogP contribution >= 0.6 is 26.8 Å². The van der Waals surface area contributed by atoms with Crippen molar-refractivity contribution in [2.24, 2.45) is 5.92 Å². The van der Waals surface area contributed by atoms with Crippen molar-refractivity contribution in [2.75, 3.05) is 0 Å². The number of carbonyl (C=O) groups excluding carboxylic acids is 1. The third-order valence-electron chi connectivity index (χ3n) is 3.55. The summed E-state index contributed by atoms with van der Waals surface area (Å²) in [4.78, 5) is 12.1. The molecule has 2 rings (SSSR count). The normalized spacial score (nSPS) is 29.1. The zero-order chi connectivity index (χ0) is 12.3. The van der Waals surface area contributed by atoms with Gasteiger partial charge < -0.3 is 5.11 Å². The number of carbonyl (C=O) groups is 1. The molecule has 1 N–H and O–H groups in total. The highest BCUT2D eigenvalue weighted by atomic mass is 79.9. The Morgan fingerprint density at radius 2 is 2.18 bits per heavy atom. The molecule has 1 aliphatic carbocycles. The van der Waals surface area contributed by atoms with Crippen LogP contribution in [0.15, 0.2) is 21.4 Å². The van der Waals surface area contributed by atoms with Gasteiger partial charge in [-0.05, 0) is 46.2 Å². The second-order valence-electron chi connectivity index (χ2n) is 4.76. The van der Waals surface area contributed by atoms with Gasteiger partial charge in [-0.25, -0.2) is 0 Å². The molecule has 0 spiro atoms. The van der Waals surface area contributed by atoms with Crippen molar-refractivity contribution in [1.82, 2.24) is 0 Å². The molecule has 0 bridgehead atoms. The third kappa shape index (κ3) is 3.46. The lowest BCUT2D eigenvalue weighted by molar-refractivity contribution is -0.113. The van der Waals surface area contributed by atoms with Crippen molar-refractivity contribution in [3.8, 4) is 0 Å². The molecule has 0 amide bonds. The Labute approximate surface area is 114 Å². The van der Waals surface area contributed by atoms with Crippen LogP contribution in [0.1, 0.15) is 38.5 Å². The predicted octanol–water partition coefficient (Wildman–Crippen LogP) is 3.61. The lowest BCUT2D eigenvalue weighted by atomic mass is 9.84. The van der Waals surface area contributed by atoms with Crippen LogP contribution in [-0.4, -0.2) is 16.3 Å². The van der Waals surface area contributed by atoms with Crippen LogP contribution in [0, 0.1) is 5.92 Å². The average Bonchev–Trinajstić information content (AvgIpc) is 2.76. The molecule has 2 aliphatic rings. The molecule has 2 atom stereocenters. The topological polar surface area (TPSA) is 37.3 Å². The smallest absolute Gasteiger partial charge is 0.179 e. The Hall–Kier alpha value is -0.0600. The van der Waals surface area contributed by atoms with Crippen LogP contribution in [-0.2, 0) is 4.79 Å². The minimum Gasteiger partial charge on any atom is -0.392 e. The number of allylic oxidation sites excluding steroid dienone is 2. The van der Waals surface area contributed by atoms with Gasteiger partial charge in [0.15, 0.2) is 5.12 Å². The van der Waals surface area contributed by atoms with Crippen LogP contribution in [0.2, 0.25) is 0 Å². The molecule has 0 saturated heterocycles. The van der Waals surface area contributed by atoms with Crippen molar-refractivity contribution in [3.05, 3.63) is 21.4 Å². The fourth-order valence-corrected chi connectivity index (χ4v) is 5.06. The van der Waals surface area contributed by atoms with E-state index in [1.54, 1.807) is 0 Å². The molecule has 2 nitrogen and oxygen atoms in total. The van der Waals surface area contributed by atoms with Gasteiger partial charge in [-0.3, -0.25) is 4.79 Å². The molecule has 1 saturated carbocycles. The molecule has 96 valence electrons. The highest BCUT2D eigenvalue weighted by molar-refractivity contribution is 9.14. The zero-order valence-corrected chi connectivity index (χ0v) is 12.3. The second-order valence-corrected chi connectivity index (χ2v) is 8.25. The highest BCUT2D eigenvalue weighted by Crippen LogP contribution is 2.46. The summed E-state index contributed by atoms with van der Waals surface area (Å²) < 4.78 is 0.980. The highest BCUT2D eigenvalue weighted by Gasteiger charge is 2.26. The Bertz CT molecular complexity index is 345. The largest absolute Gasteiger partial charge is 0.392 e. The first kappa shape index (κ1) is 13.4. The maximum absolute atomic E-state index is 12.1. The summed E-state index contributed by atoms with van der Waals surface area (Å²) in [5, 5.41) is 12.3. The Morgan fingerprint density at radius 3 is 2.76 bits per heavy atom. The lowest BCUT2D eigenvalue weighted by Crippen LogP contribution is -2.25. The van der Waals surface area contributed by atoms with E-state index < -0.39 is 17.0 Å². The van der Waals surface area contributed by atoms with Crippen LogP contribution in [0.25, 0.3) is 0 Å². The van der Waals surface area contributed by atoms with E-state index in [1.807, 2.05) is 17.6 Å². The molecule has 0 radical (unpaired) electrons. The number of hydrogen-bond donors (Lipinski definition) is 2. The van der Waals surface area contributed by atoms with Gasteiger partial charge in [0, 0.05) is 10.2 Å². The van der Waals surface area contributed by atoms with Gasteiger partial charge in [-0.15, -0.1) is 10.9 Å². The van der Waals surface area contributed by atoms with Crippen molar-refractivity contribution in [2.45, 2.75) is 44.6 Å². The standard InChI is InChI=1S/C13H19BrO2S/c14-12-7-4-8-17(12)13(16)9-11(15)10-5-2-1-3-6-10/h4,7-8,10-11,15,17H,1-3,5-6,9H2. The van der Waals surface area contributed by atoms with Gasteiger partial charge in [0.05, 0.1) is 6.10 Å². The van der Waals surface area contributed by atoms with Crippen molar-refractivity contribution in [3.63, 3.8) is 0 Å². The summed E-state index contributed by atoms with van der Waals surface area (Å²) in [7, 11) is -0.823. The Morgan fingerprint density at radius 1 is 1.47 bits per heavy atom. The summed E-state index contributed by atoms with van der Waals surface area (Å²) in [6.45, 7) is 0. The van der Waals surface area contributed by atoms with Crippen LogP contribution in [0.3, 0.4) is 0 Å². The molecular formula is C13H19BrO2S. The molecule has 1 fully saturated rings. The number of halogens is 1. The van der Waals surface area contributed by atoms with Gasteiger partial charge >= 0.3 is 0 Å². The number of aliphatic hydroxyl groups is 1. The van der Waals surface area contributed by atoms with E-state index in [2.05, 4.69) is 15.9 Å². The second kappa shape index (κ2) is 6.21. The van der Waals surface area contributed by atoms with Crippen molar-refractivity contribution >= 4 is 31.9 Å². The van der Waals surface area contributed by atoms with Gasteiger partial charge in [-0.2, -0.15) is 0 Å². The van der Waals surface area contributed by atoms with E-state index >= 15 is 0 Å². The summed E-state index contributed by atoms with van der Waals surface area (Å²) in [6, 6.07) is 0. The molecule has 0 aromatic rings. The summed E-state index contributed by atoms with van der Waals surface area (Å²) in [6.07, 6.45) is 9.59. The first-order valence-corrected chi connectivity index (χ1v) is 8.43. The van der Waals surface area contributed by atoms with Gasteiger partial charge in [0.1, 0.15) is 0 Å². The minimum atomic E-state index is -0.823. The monoisotopic (exact) mass is 318 g/mol. The van der Waals surface area contributed by atoms with Crippen LogP contribution < -0.4 is 0 Å². The molecule has 1 aliphatic heterocycles. The number of hydrogen-bond acceptors (Lipinski definition) is 2. The molecular weight excluding hydrogens is 300 g/mol. The van der Waals surface area contributed by atoms with Gasteiger partial charge in [0.25, 0.3) is 0 Å². The number of rotatable bonds is 3. The van der Waals surface area contributed by atoms with E-state index in [-0.39, 0.29) is 5.12 Å². The molecule has 4 heteroatoms. The van der Waals surface area contributed by atoms with Gasteiger partial charge in [-0.1, -0.05) is 25.3 Å². The molecule has 0 aromatic heterocycles. The number of aliphatic hydroxyl groups excluding tert-OH is 1. The average molecular weight is 319 g/mol. The van der Waals surface area contributed by atoms with Crippen molar-refractivity contribution in [1.29, 1.82) is 0 Å². The fourth-order valence-electron chi connectivity index (χ4n) is 2.53. The minimum absolute atomic E-state index is 0.190. The van der Waals surface area contributed by atoms with Crippen molar-refractivity contribution < 1.29 is 9.90 Å². The predicted molar refractivity (Wildman–Crippen MR) is 77.3 cm³/mol. The summed E-state index contributed by atoms with van der Waals surface area (Å²) in [5.41, 5.74) is 0. The van der Waals surface area contributed by atoms with Gasteiger partial charge in [0.2, 0.25) is 0 Å². The summed E-state index contributed by atoms with van der Waals surface area (Å²) >= 11 is 3.42. The Kier molecular flexibility index (Phi) is 4.88. The SMILES string of the molecule is O=C(CC(O)C1CCCCC1)[SH]1C=CC=C1Br. The first-order chi connectivity index (χ1) is 8.18. The fraction of sp³-hybridized carbons (Fsp3) is 0.615.